The summed E-state index contributed by atoms with van der Waals surface area (Å²) in [6.45, 7) is 4.12. The van der Waals surface area contributed by atoms with Crippen LogP contribution < -0.4 is 0 Å². The van der Waals surface area contributed by atoms with Gasteiger partial charge in [-0.15, -0.1) is 0 Å². The second kappa shape index (κ2) is 6.52. The van der Waals surface area contributed by atoms with Crippen LogP contribution in [-0.2, 0) is 26.7 Å². The van der Waals surface area contributed by atoms with Gasteiger partial charge >= 0.3 is 5.97 Å². The summed E-state index contributed by atoms with van der Waals surface area (Å²) >= 11 is 0. The molecule has 0 saturated carbocycles. The van der Waals surface area contributed by atoms with Crippen molar-refractivity contribution in [3.05, 3.63) is 59.2 Å². The molecule has 1 aliphatic rings. The number of fused-ring (bicyclic) bond motifs is 1. The van der Waals surface area contributed by atoms with E-state index in [-0.39, 0.29) is 16.7 Å². The Balaban J connectivity index is 2.02. The lowest BCUT2D eigenvalue weighted by molar-refractivity contribution is -0.136. The second-order valence-corrected chi connectivity index (χ2v) is 9.58. The summed E-state index contributed by atoms with van der Waals surface area (Å²) in [5, 5.41) is 8.96. The quantitative estimate of drug-likeness (QED) is 0.800. The molecule has 0 bridgehead atoms. The van der Waals surface area contributed by atoms with Crippen LogP contribution in [0, 0.1) is 5.41 Å². The molecule has 1 heterocycles. The van der Waals surface area contributed by atoms with Crippen LogP contribution in [0.2, 0.25) is 0 Å². The Morgan fingerprint density at radius 1 is 1.19 bits per heavy atom. The molecule has 0 amide bonds. The van der Waals surface area contributed by atoms with Crippen molar-refractivity contribution >= 4 is 37.1 Å². The molecule has 2 aromatic rings. The number of halogens is 1. The number of carbonyl (C=O) groups is 1. The number of benzene rings is 2. The number of rotatable bonds is 4. The van der Waals surface area contributed by atoms with Crippen LogP contribution in [0.1, 0.15) is 30.5 Å². The van der Waals surface area contributed by atoms with Gasteiger partial charge in [0, 0.05) is 16.1 Å². The molecule has 0 unspecified atom stereocenters. The summed E-state index contributed by atoms with van der Waals surface area (Å²) in [6.07, 6.45) is 0.697. The lowest BCUT2D eigenvalue weighted by Crippen LogP contribution is -2.30. The third-order valence-electron chi connectivity index (χ3n) is 4.41. The predicted molar refractivity (Wildman–Crippen MR) is 101 cm³/mol. The first-order valence-electron chi connectivity index (χ1n) is 8.04. The third-order valence-corrected chi connectivity index (χ3v) is 5.78. The van der Waals surface area contributed by atoms with Crippen molar-refractivity contribution in [1.82, 2.24) is 0 Å². The van der Waals surface area contributed by atoms with E-state index in [4.69, 9.17) is 20.8 Å². The predicted octanol–water partition coefficient (Wildman–Crippen LogP) is 3.94. The van der Waals surface area contributed by atoms with Gasteiger partial charge in [-0.1, -0.05) is 38.1 Å². The van der Waals surface area contributed by atoms with Crippen molar-refractivity contribution in [3.63, 3.8) is 0 Å². The number of aliphatic carboxylic acids is 1. The highest BCUT2D eigenvalue weighted by molar-refractivity contribution is 8.13. The van der Waals surface area contributed by atoms with E-state index in [0.717, 1.165) is 28.1 Å². The molecule has 0 saturated heterocycles. The Morgan fingerprint density at radius 2 is 1.85 bits per heavy atom. The molecule has 5 nitrogen and oxygen atoms in total. The topological polar surface area (TPSA) is 83.8 Å². The van der Waals surface area contributed by atoms with E-state index in [1.807, 2.05) is 12.1 Å². The molecule has 1 N–H and O–H groups in total. The fourth-order valence-corrected chi connectivity index (χ4v) is 4.01. The summed E-state index contributed by atoms with van der Waals surface area (Å²) in [4.78, 5) is 15.7. The molecule has 0 aliphatic carbocycles. The average molecular weight is 392 g/mol. The summed E-state index contributed by atoms with van der Waals surface area (Å²) in [5.74, 6) is -0.862. The van der Waals surface area contributed by atoms with Gasteiger partial charge in [-0.05, 0) is 41.3 Å². The van der Waals surface area contributed by atoms with Gasteiger partial charge in [-0.3, -0.25) is 9.79 Å². The SMILES string of the molecule is CC1(C)Cc2cc(CC(=O)O)ccc2N=C1c1ccc(S(=O)(=O)Cl)cc1. The molecule has 7 heteroatoms. The molecule has 0 atom stereocenters. The van der Waals surface area contributed by atoms with Gasteiger partial charge in [-0.25, -0.2) is 8.42 Å². The highest BCUT2D eigenvalue weighted by Gasteiger charge is 2.31. The molecule has 3 rings (SSSR count). The van der Waals surface area contributed by atoms with E-state index in [1.54, 1.807) is 18.2 Å². The molecule has 0 aromatic heterocycles. The van der Waals surface area contributed by atoms with E-state index >= 15 is 0 Å². The Hall–Kier alpha value is -2.18. The smallest absolute Gasteiger partial charge is 0.307 e. The van der Waals surface area contributed by atoms with Crippen molar-refractivity contribution in [3.8, 4) is 0 Å². The Bertz CT molecular complexity index is 1010. The zero-order valence-corrected chi connectivity index (χ0v) is 15.9. The Kier molecular flexibility index (Phi) is 4.67. The van der Waals surface area contributed by atoms with Crippen LogP contribution in [0.15, 0.2) is 52.4 Å². The lowest BCUT2D eigenvalue weighted by atomic mass is 9.75. The maximum Gasteiger partial charge on any atom is 0.307 e. The van der Waals surface area contributed by atoms with E-state index < -0.39 is 15.0 Å². The zero-order chi connectivity index (χ0) is 19.1. The normalized spacial score (nSPS) is 15.9. The first-order chi connectivity index (χ1) is 12.1. The third kappa shape index (κ3) is 3.81. The molecule has 2 aromatic carbocycles. The van der Waals surface area contributed by atoms with Crippen LogP contribution in [0.3, 0.4) is 0 Å². The van der Waals surface area contributed by atoms with Crippen molar-refractivity contribution in [2.24, 2.45) is 10.4 Å². The highest BCUT2D eigenvalue weighted by atomic mass is 35.7. The molecule has 0 fully saturated rings. The van der Waals surface area contributed by atoms with Crippen LogP contribution in [0.25, 0.3) is 0 Å². The number of carboxylic acid groups (broad SMARTS) is 1. The van der Waals surface area contributed by atoms with Gasteiger partial charge in [0.15, 0.2) is 0 Å². The van der Waals surface area contributed by atoms with Gasteiger partial charge in [-0.2, -0.15) is 0 Å². The number of hydrogen-bond acceptors (Lipinski definition) is 4. The van der Waals surface area contributed by atoms with Crippen LogP contribution in [0.5, 0.6) is 0 Å². The van der Waals surface area contributed by atoms with Gasteiger partial charge in [0.25, 0.3) is 9.05 Å². The summed E-state index contributed by atoms with van der Waals surface area (Å²) in [6, 6.07) is 11.9. The number of carboxylic acids is 1. The maximum absolute atomic E-state index is 11.4. The Labute approximate surface area is 156 Å². The Morgan fingerprint density at radius 3 is 2.42 bits per heavy atom. The van der Waals surface area contributed by atoms with E-state index in [0.29, 0.717) is 6.42 Å². The summed E-state index contributed by atoms with van der Waals surface area (Å²) < 4.78 is 22.8. The van der Waals surface area contributed by atoms with Gasteiger partial charge < -0.3 is 5.11 Å². The zero-order valence-electron chi connectivity index (χ0n) is 14.4. The number of aliphatic imine (C=N–C) groups is 1. The van der Waals surface area contributed by atoms with Crippen molar-refractivity contribution in [2.45, 2.75) is 31.6 Å². The molecule has 0 spiro atoms. The van der Waals surface area contributed by atoms with Crippen LogP contribution in [0.4, 0.5) is 5.69 Å². The lowest BCUT2D eigenvalue weighted by Gasteiger charge is -2.32. The van der Waals surface area contributed by atoms with Gasteiger partial charge in [0.2, 0.25) is 0 Å². The van der Waals surface area contributed by atoms with E-state index in [2.05, 4.69) is 13.8 Å². The van der Waals surface area contributed by atoms with Gasteiger partial charge in [0.1, 0.15) is 0 Å². The molecule has 26 heavy (non-hydrogen) atoms. The minimum absolute atomic E-state index is 0.0152. The molecular formula is C19H18ClNO4S. The standard InChI is InChI=1S/C19H18ClNO4S/c1-19(2)11-14-9-12(10-17(22)23)3-8-16(14)21-18(19)13-4-6-15(7-5-13)26(20,24)25/h3-9H,10-11H2,1-2H3,(H,22,23). The van der Waals surface area contributed by atoms with Crippen molar-refractivity contribution in [2.75, 3.05) is 0 Å². The largest absolute Gasteiger partial charge is 0.481 e. The fraction of sp³-hybridized carbons (Fsp3) is 0.263. The first-order valence-corrected chi connectivity index (χ1v) is 10.3. The summed E-state index contributed by atoms with van der Waals surface area (Å²) in [7, 11) is 1.61. The minimum Gasteiger partial charge on any atom is -0.481 e. The summed E-state index contributed by atoms with van der Waals surface area (Å²) in [5.41, 5.74) is 3.98. The molecule has 1 aliphatic heterocycles. The minimum atomic E-state index is -3.76. The van der Waals surface area contributed by atoms with Crippen molar-refractivity contribution < 1.29 is 18.3 Å². The van der Waals surface area contributed by atoms with Crippen LogP contribution >= 0.6 is 10.7 Å². The maximum atomic E-state index is 11.4. The van der Waals surface area contributed by atoms with Crippen molar-refractivity contribution in [1.29, 1.82) is 0 Å². The highest BCUT2D eigenvalue weighted by Crippen LogP contribution is 2.38. The second-order valence-electron chi connectivity index (χ2n) is 7.02. The van der Waals surface area contributed by atoms with Crippen LogP contribution in [-0.4, -0.2) is 25.2 Å². The number of nitrogens with zero attached hydrogens (tertiary/aromatic N) is 1. The first kappa shape index (κ1) is 18.6. The fourth-order valence-electron chi connectivity index (χ4n) is 3.24. The van der Waals surface area contributed by atoms with E-state index in [1.165, 1.54) is 12.1 Å². The average Bonchev–Trinajstić information content (AvgIpc) is 2.52. The van der Waals surface area contributed by atoms with E-state index in [9.17, 15) is 13.2 Å². The molecule has 136 valence electrons. The molecule has 0 radical (unpaired) electrons. The van der Waals surface area contributed by atoms with Gasteiger partial charge in [0.05, 0.1) is 22.7 Å². The molecular weight excluding hydrogens is 374 g/mol. The number of hydrogen-bond donors (Lipinski definition) is 1. The monoisotopic (exact) mass is 391 g/mol.